The summed E-state index contributed by atoms with van der Waals surface area (Å²) in [5.74, 6) is -3.00. The van der Waals surface area contributed by atoms with Gasteiger partial charge >= 0.3 is 11.9 Å². The topological polar surface area (TPSA) is 110 Å². The van der Waals surface area contributed by atoms with E-state index in [9.17, 15) is 14.7 Å². The first-order valence-corrected chi connectivity index (χ1v) is 8.68. The van der Waals surface area contributed by atoms with Gasteiger partial charge in [-0.15, -0.1) is 0 Å². The molecule has 0 amide bonds. The van der Waals surface area contributed by atoms with Crippen molar-refractivity contribution in [3.05, 3.63) is 82.9 Å². The number of carboxylic acid groups (broad SMARTS) is 1. The number of rotatable bonds is 4. The Hall–Kier alpha value is -3.80. The summed E-state index contributed by atoms with van der Waals surface area (Å²) in [6.45, 7) is 0.0590. The van der Waals surface area contributed by atoms with E-state index in [4.69, 9.17) is 15.6 Å². The fraction of sp³-hybridized carbons (Fsp3) is 0.0909. The number of hydrogen-bond acceptors (Lipinski definition) is 5. The van der Waals surface area contributed by atoms with Gasteiger partial charge in [-0.2, -0.15) is 0 Å². The highest BCUT2D eigenvalue weighted by molar-refractivity contribution is 6.00. The van der Waals surface area contributed by atoms with Gasteiger partial charge in [0.1, 0.15) is 23.5 Å². The Labute approximate surface area is 160 Å². The van der Waals surface area contributed by atoms with Gasteiger partial charge < -0.3 is 20.7 Å². The van der Waals surface area contributed by atoms with Gasteiger partial charge in [0, 0.05) is 11.6 Å². The first kappa shape index (κ1) is 17.6. The third-order valence-electron chi connectivity index (χ3n) is 4.93. The Morgan fingerprint density at radius 1 is 0.929 bits per heavy atom. The summed E-state index contributed by atoms with van der Waals surface area (Å²) in [7, 11) is 0. The molecule has 0 fully saturated rings. The van der Waals surface area contributed by atoms with Crippen molar-refractivity contribution in [1.29, 1.82) is 0 Å². The normalized spacial score (nSPS) is 12.3. The number of nitrogen functional groups attached to an aromatic ring is 1. The zero-order valence-electron chi connectivity index (χ0n) is 14.8. The van der Waals surface area contributed by atoms with Crippen molar-refractivity contribution >= 4 is 17.6 Å². The lowest BCUT2D eigenvalue weighted by atomic mass is 9.98. The van der Waals surface area contributed by atoms with Gasteiger partial charge in [-0.25, -0.2) is 9.59 Å². The Bertz CT molecular complexity index is 1060. The van der Waals surface area contributed by atoms with Crippen LogP contribution in [0.3, 0.4) is 0 Å². The highest BCUT2D eigenvalue weighted by atomic mass is 16.5. The molecule has 140 valence electrons. The standard InChI is InChI=1S/C22H17NO5/c23-12-9-17(21(25)26)20(24)18(10-12)22(27)28-11-19-15-7-3-1-5-13(15)14-6-2-4-8-16(14)19/h1-10,19,24H,11,23H2,(H,25,26). The molecule has 0 radical (unpaired) electrons. The van der Waals surface area contributed by atoms with E-state index < -0.39 is 23.3 Å². The van der Waals surface area contributed by atoms with Gasteiger partial charge in [0.2, 0.25) is 0 Å². The number of ether oxygens (including phenoxy) is 1. The average molecular weight is 375 g/mol. The summed E-state index contributed by atoms with van der Waals surface area (Å²) in [5, 5.41) is 19.3. The van der Waals surface area contributed by atoms with Crippen molar-refractivity contribution in [3.63, 3.8) is 0 Å². The summed E-state index contributed by atoms with van der Waals surface area (Å²) < 4.78 is 5.45. The number of carbonyl (C=O) groups is 2. The summed E-state index contributed by atoms with van der Waals surface area (Å²) in [6.07, 6.45) is 0. The fourth-order valence-corrected chi connectivity index (χ4v) is 3.65. The van der Waals surface area contributed by atoms with E-state index in [0.717, 1.165) is 28.3 Å². The molecule has 0 saturated heterocycles. The molecule has 3 aromatic rings. The number of carbonyl (C=O) groups excluding carboxylic acids is 1. The second-order valence-electron chi connectivity index (χ2n) is 6.60. The van der Waals surface area contributed by atoms with Gasteiger partial charge in [0.15, 0.2) is 0 Å². The van der Waals surface area contributed by atoms with Crippen LogP contribution in [-0.4, -0.2) is 28.8 Å². The smallest absolute Gasteiger partial charge is 0.342 e. The molecule has 6 heteroatoms. The van der Waals surface area contributed by atoms with Crippen LogP contribution in [-0.2, 0) is 4.74 Å². The van der Waals surface area contributed by atoms with Crippen LogP contribution in [0.2, 0.25) is 0 Å². The van der Waals surface area contributed by atoms with E-state index in [2.05, 4.69) is 0 Å². The Morgan fingerprint density at radius 2 is 1.46 bits per heavy atom. The van der Waals surface area contributed by atoms with E-state index >= 15 is 0 Å². The molecule has 0 spiro atoms. The van der Waals surface area contributed by atoms with Gasteiger partial charge in [0.25, 0.3) is 0 Å². The summed E-state index contributed by atoms with van der Waals surface area (Å²) >= 11 is 0. The predicted molar refractivity (Wildman–Crippen MR) is 103 cm³/mol. The van der Waals surface area contributed by atoms with Crippen LogP contribution < -0.4 is 5.73 Å². The van der Waals surface area contributed by atoms with E-state index in [1.165, 1.54) is 6.07 Å². The molecule has 28 heavy (non-hydrogen) atoms. The summed E-state index contributed by atoms with van der Waals surface area (Å²) in [5.41, 5.74) is 9.32. The molecule has 4 rings (SSSR count). The number of anilines is 1. The van der Waals surface area contributed by atoms with E-state index in [1.54, 1.807) is 0 Å². The number of benzene rings is 3. The lowest BCUT2D eigenvalue weighted by Crippen LogP contribution is -2.14. The lowest BCUT2D eigenvalue weighted by Gasteiger charge is -2.15. The highest BCUT2D eigenvalue weighted by Crippen LogP contribution is 2.44. The average Bonchev–Trinajstić information content (AvgIpc) is 3.01. The minimum Gasteiger partial charge on any atom is -0.506 e. The number of carboxylic acids is 1. The zero-order chi connectivity index (χ0) is 19.8. The zero-order valence-corrected chi connectivity index (χ0v) is 14.8. The third-order valence-corrected chi connectivity index (χ3v) is 4.93. The van der Waals surface area contributed by atoms with Crippen LogP contribution in [0.15, 0.2) is 60.7 Å². The maximum absolute atomic E-state index is 12.5. The maximum atomic E-state index is 12.5. The molecule has 3 aromatic carbocycles. The second-order valence-corrected chi connectivity index (χ2v) is 6.60. The molecular weight excluding hydrogens is 358 g/mol. The molecule has 0 aromatic heterocycles. The van der Waals surface area contributed by atoms with Gasteiger partial charge in [-0.1, -0.05) is 48.5 Å². The molecule has 1 aliphatic carbocycles. The van der Waals surface area contributed by atoms with Gasteiger partial charge in [-0.05, 0) is 34.4 Å². The molecular formula is C22H17NO5. The third kappa shape index (κ3) is 2.85. The van der Waals surface area contributed by atoms with Crippen LogP contribution in [0.1, 0.15) is 37.8 Å². The second kappa shape index (κ2) is 6.74. The van der Waals surface area contributed by atoms with Crippen molar-refractivity contribution in [3.8, 4) is 16.9 Å². The van der Waals surface area contributed by atoms with Gasteiger partial charge in [-0.3, -0.25) is 0 Å². The predicted octanol–water partition coefficient (Wildman–Crippen LogP) is 3.64. The molecule has 4 N–H and O–H groups in total. The largest absolute Gasteiger partial charge is 0.506 e. The Kier molecular flexibility index (Phi) is 4.24. The fourth-order valence-electron chi connectivity index (χ4n) is 3.65. The van der Waals surface area contributed by atoms with Crippen LogP contribution in [0.5, 0.6) is 5.75 Å². The van der Waals surface area contributed by atoms with Gasteiger partial charge in [0.05, 0.1) is 0 Å². The van der Waals surface area contributed by atoms with Crippen molar-refractivity contribution < 1.29 is 24.5 Å². The van der Waals surface area contributed by atoms with Crippen LogP contribution in [0.4, 0.5) is 5.69 Å². The van der Waals surface area contributed by atoms with E-state index in [0.29, 0.717) is 0 Å². The Morgan fingerprint density at radius 3 is 2.04 bits per heavy atom. The first-order valence-electron chi connectivity index (χ1n) is 8.68. The molecule has 0 saturated carbocycles. The molecule has 0 bridgehead atoms. The number of esters is 1. The minimum absolute atomic E-state index is 0.0544. The number of aromatic carboxylic acids is 1. The molecule has 0 unspecified atom stereocenters. The van der Waals surface area contributed by atoms with E-state index in [1.807, 2.05) is 48.5 Å². The highest BCUT2D eigenvalue weighted by Gasteiger charge is 2.30. The monoisotopic (exact) mass is 375 g/mol. The number of phenols is 1. The van der Waals surface area contributed by atoms with Crippen LogP contribution in [0.25, 0.3) is 11.1 Å². The number of fused-ring (bicyclic) bond motifs is 3. The molecule has 0 aliphatic heterocycles. The van der Waals surface area contributed by atoms with Crippen molar-refractivity contribution in [1.82, 2.24) is 0 Å². The quantitative estimate of drug-likeness (QED) is 0.365. The van der Waals surface area contributed by atoms with Crippen molar-refractivity contribution in [2.45, 2.75) is 5.92 Å². The first-order chi connectivity index (χ1) is 13.5. The number of aromatic hydroxyl groups is 1. The van der Waals surface area contributed by atoms with Crippen molar-refractivity contribution in [2.24, 2.45) is 0 Å². The van der Waals surface area contributed by atoms with Crippen LogP contribution in [0, 0.1) is 0 Å². The lowest BCUT2D eigenvalue weighted by molar-refractivity contribution is 0.0490. The summed E-state index contributed by atoms with van der Waals surface area (Å²) in [4.78, 5) is 23.8. The molecule has 1 aliphatic rings. The SMILES string of the molecule is Nc1cc(C(=O)O)c(O)c(C(=O)OCC2c3ccccc3-c3ccccc32)c1. The van der Waals surface area contributed by atoms with Crippen LogP contribution >= 0.6 is 0 Å². The number of hydrogen-bond donors (Lipinski definition) is 3. The van der Waals surface area contributed by atoms with E-state index in [-0.39, 0.29) is 23.8 Å². The maximum Gasteiger partial charge on any atom is 0.342 e. The molecule has 6 nitrogen and oxygen atoms in total. The van der Waals surface area contributed by atoms with Crippen molar-refractivity contribution in [2.75, 3.05) is 12.3 Å². The minimum atomic E-state index is -1.38. The molecule has 0 heterocycles. The summed E-state index contributed by atoms with van der Waals surface area (Å²) in [6, 6.07) is 18.1. The Balaban J connectivity index is 1.62. The number of nitrogens with two attached hydrogens (primary N) is 1. The molecule has 0 atom stereocenters.